The Bertz CT molecular complexity index is 1030. The topological polar surface area (TPSA) is 88.6 Å². The highest BCUT2D eigenvalue weighted by atomic mass is 16.5. The van der Waals surface area contributed by atoms with E-state index in [2.05, 4.69) is 10.3 Å². The van der Waals surface area contributed by atoms with E-state index < -0.39 is 18.5 Å². The van der Waals surface area contributed by atoms with E-state index in [1.54, 1.807) is 56.6 Å². The fraction of sp³-hybridized carbons (Fsp3) is 0.143. The summed E-state index contributed by atoms with van der Waals surface area (Å²) in [6.07, 6.45) is 0. The Labute approximate surface area is 161 Å². The third-order valence-electron chi connectivity index (χ3n) is 3.96. The molecular weight excluding hydrogens is 358 g/mol. The summed E-state index contributed by atoms with van der Waals surface area (Å²) in [6.45, 7) is -0.439. The number of carbonyl (C=O) groups is 3. The molecule has 0 atom stereocenters. The van der Waals surface area contributed by atoms with Crippen molar-refractivity contribution in [1.29, 1.82) is 0 Å². The lowest BCUT2D eigenvalue weighted by molar-refractivity contribution is -0.119. The zero-order valence-corrected chi connectivity index (χ0v) is 15.5. The predicted molar refractivity (Wildman–Crippen MR) is 105 cm³/mol. The van der Waals surface area contributed by atoms with E-state index in [1.807, 2.05) is 18.2 Å². The lowest BCUT2D eigenvalue weighted by atomic mass is 10.2. The molecule has 0 unspecified atom stereocenters. The maximum Gasteiger partial charge on any atom is 0.357 e. The number of ether oxygens (including phenoxy) is 1. The molecule has 7 nitrogen and oxygen atoms in total. The second kappa shape index (κ2) is 8.30. The number of hydrogen-bond donors (Lipinski definition) is 1. The van der Waals surface area contributed by atoms with E-state index in [4.69, 9.17) is 4.74 Å². The molecule has 0 aliphatic heterocycles. The second-order valence-electron chi connectivity index (χ2n) is 6.29. The van der Waals surface area contributed by atoms with E-state index in [0.717, 1.165) is 5.39 Å². The van der Waals surface area contributed by atoms with Crippen LogP contribution >= 0.6 is 0 Å². The quantitative estimate of drug-likeness (QED) is 0.691. The lowest BCUT2D eigenvalue weighted by Gasteiger charge is -2.11. The van der Waals surface area contributed by atoms with E-state index >= 15 is 0 Å². The van der Waals surface area contributed by atoms with Gasteiger partial charge in [-0.25, -0.2) is 9.78 Å². The number of para-hydroxylation sites is 1. The Kier molecular flexibility index (Phi) is 5.64. The summed E-state index contributed by atoms with van der Waals surface area (Å²) in [5.41, 5.74) is 1.82. The van der Waals surface area contributed by atoms with Crippen LogP contribution in [-0.2, 0) is 9.53 Å². The van der Waals surface area contributed by atoms with E-state index in [-0.39, 0.29) is 11.6 Å². The van der Waals surface area contributed by atoms with Crippen LogP contribution < -0.4 is 5.32 Å². The van der Waals surface area contributed by atoms with Gasteiger partial charge in [-0.05, 0) is 36.4 Å². The number of carbonyl (C=O) groups excluding carboxylic acids is 3. The largest absolute Gasteiger partial charge is 0.451 e. The van der Waals surface area contributed by atoms with Gasteiger partial charge in [0.1, 0.15) is 5.69 Å². The van der Waals surface area contributed by atoms with Crippen molar-refractivity contribution >= 4 is 34.4 Å². The highest BCUT2D eigenvalue weighted by Gasteiger charge is 2.13. The second-order valence-corrected chi connectivity index (χ2v) is 6.29. The highest BCUT2D eigenvalue weighted by molar-refractivity contribution is 5.97. The van der Waals surface area contributed by atoms with Gasteiger partial charge < -0.3 is 15.0 Å². The first-order valence-electron chi connectivity index (χ1n) is 8.58. The summed E-state index contributed by atoms with van der Waals surface area (Å²) >= 11 is 0. The molecule has 0 radical (unpaired) electrons. The van der Waals surface area contributed by atoms with Crippen molar-refractivity contribution in [3.63, 3.8) is 0 Å². The molecule has 7 heteroatoms. The van der Waals surface area contributed by atoms with Crippen LogP contribution in [0.15, 0.2) is 60.7 Å². The highest BCUT2D eigenvalue weighted by Crippen LogP contribution is 2.13. The van der Waals surface area contributed by atoms with E-state index in [1.165, 1.54) is 4.90 Å². The van der Waals surface area contributed by atoms with Crippen molar-refractivity contribution in [3.8, 4) is 0 Å². The first kappa shape index (κ1) is 19.0. The van der Waals surface area contributed by atoms with Crippen LogP contribution in [0.4, 0.5) is 5.69 Å². The van der Waals surface area contributed by atoms with Gasteiger partial charge in [0.05, 0.1) is 5.52 Å². The molecule has 2 amide bonds. The van der Waals surface area contributed by atoms with E-state index in [9.17, 15) is 14.4 Å². The molecule has 0 fully saturated rings. The maximum absolute atomic E-state index is 12.1. The van der Waals surface area contributed by atoms with Crippen LogP contribution in [0.3, 0.4) is 0 Å². The molecule has 0 aliphatic carbocycles. The Morgan fingerprint density at radius 3 is 2.39 bits per heavy atom. The molecule has 1 aromatic heterocycles. The monoisotopic (exact) mass is 377 g/mol. The van der Waals surface area contributed by atoms with E-state index in [0.29, 0.717) is 16.8 Å². The molecule has 2 aromatic carbocycles. The van der Waals surface area contributed by atoms with Crippen LogP contribution in [-0.4, -0.2) is 48.4 Å². The number of hydrogen-bond acceptors (Lipinski definition) is 5. The summed E-state index contributed by atoms with van der Waals surface area (Å²) in [5, 5.41) is 3.52. The third kappa shape index (κ3) is 4.50. The standard InChI is InChI=1S/C21H19N3O4/c1-24(2)20(26)15-7-10-16(11-8-15)22-19(25)13-28-21(27)18-12-9-14-5-3-4-6-17(14)23-18/h3-12H,13H2,1-2H3,(H,22,25). The minimum Gasteiger partial charge on any atom is -0.451 e. The third-order valence-corrected chi connectivity index (χ3v) is 3.96. The van der Waals surface area contributed by atoms with Gasteiger partial charge in [-0.2, -0.15) is 0 Å². The van der Waals surface area contributed by atoms with Crippen LogP contribution in [0, 0.1) is 0 Å². The van der Waals surface area contributed by atoms with Gasteiger partial charge in [0.15, 0.2) is 6.61 Å². The van der Waals surface area contributed by atoms with Gasteiger partial charge in [-0.1, -0.05) is 24.3 Å². The van der Waals surface area contributed by atoms with Crippen molar-refractivity contribution in [3.05, 3.63) is 71.9 Å². The number of esters is 1. The maximum atomic E-state index is 12.1. The number of anilines is 1. The van der Waals surface area contributed by atoms with Gasteiger partial charge >= 0.3 is 5.97 Å². The van der Waals surface area contributed by atoms with Crippen molar-refractivity contribution in [2.24, 2.45) is 0 Å². The Morgan fingerprint density at radius 1 is 0.964 bits per heavy atom. The zero-order valence-electron chi connectivity index (χ0n) is 15.5. The smallest absolute Gasteiger partial charge is 0.357 e. The summed E-state index contributed by atoms with van der Waals surface area (Å²) in [7, 11) is 3.33. The summed E-state index contributed by atoms with van der Waals surface area (Å²) < 4.78 is 5.03. The number of pyridine rings is 1. The SMILES string of the molecule is CN(C)C(=O)c1ccc(NC(=O)COC(=O)c2ccc3ccccc3n2)cc1. The van der Waals surface area contributed by atoms with Crippen LogP contribution in [0.5, 0.6) is 0 Å². The van der Waals surface area contributed by atoms with Gasteiger partial charge in [0.2, 0.25) is 0 Å². The number of nitrogens with one attached hydrogen (secondary N) is 1. The Morgan fingerprint density at radius 2 is 1.68 bits per heavy atom. The minimum absolute atomic E-state index is 0.130. The molecule has 3 rings (SSSR count). The van der Waals surface area contributed by atoms with Crippen molar-refractivity contribution in [1.82, 2.24) is 9.88 Å². The molecule has 1 N–H and O–H groups in total. The first-order valence-corrected chi connectivity index (χ1v) is 8.58. The normalized spacial score (nSPS) is 10.4. The zero-order chi connectivity index (χ0) is 20.1. The van der Waals surface area contributed by atoms with Crippen LogP contribution in [0.25, 0.3) is 10.9 Å². The fourth-order valence-electron chi connectivity index (χ4n) is 2.54. The van der Waals surface area contributed by atoms with Gasteiger partial charge in [-0.3, -0.25) is 9.59 Å². The van der Waals surface area contributed by atoms with Crippen molar-refractivity contribution in [2.45, 2.75) is 0 Å². The molecular formula is C21H19N3O4. The molecule has 1 heterocycles. The first-order chi connectivity index (χ1) is 13.4. The van der Waals surface area contributed by atoms with Gasteiger partial charge in [0, 0.05) is 30.7 Å². The molecule has 142 valence electrons. The number of nitrogens with zero attached hydrogens (tertiary/aromatic N) is 2. The Balaban J connectivity index is 1.56. The number of aromatic nitrogens is 1. The summed E-state index contributed by atoms with van der Waals surface area (Å²) in [4.78, 5) is 41.7. The predicted octanol–water partition coefficient (Wildman–Crippen LogP) is 2.73. The number of rotatable bonds is 5. The van der Waals surface area contributed by atoms with Crippen molar-refractivity contribution < 1.29 is 19.1 Å². The number of fused-ring (bicyclic) bond motifs is 1. The molecule has 3 aromatic rings. The average Bonchev–Trinajstić information content (AvgIpc) is 2.71. The summed E-state index contributed by atoms with van der Waals surface area (Å²) in [5.74, 6) is -1.29. The fourth-order valence-corrected chi connectivity index (χ4v) is 2.54. The van der Waals surface area contributed by atoms with Crippen LogP contribution in [0.2, 0.25) is 0 Å². The van der Waals surface area contributed by atoms with Crippen molar-refractivity contribution in [2.75, 3.05) is 26.0 Å². The van der Waals surface area contributed by atoms with Crippen LogP contribution in [0.1, 0.15) is 20.8 Å². The average molecular weight is 377 g/mol. The molecule has 0 spiro atoms. The van der Waals surface area contributed by atoms with Gasteiger partial charge in [0.25, 0.3) is 11.8 Å². The molecule has 0 aliphatic rings. The molecule has 28 heavy (non-hydrogen) atoms. The molecule has 0 bridgehead atoms. The number of amides is 2. The van der Waals surface area contributed by atoms with Gasteiger partial charge in [-0.15, -0.1) is 0 Å². The minimum atomic E-state index is -0.673. The summed E-state index contributed by atoms with van der Waals surface area (Å²) in [6, 6.07) is 17.2. The Hall–Kier alpha value is -3.74. The molecule has 0 saturated carbocycles. The number of benzene rings is 2. The lowest BCUT2D eigenvalue weighted by Crippen LogP contribution is -2.22. The molecule has 0 saturated heterocycles.